The molecule has 1 saturated heterocycles. The Morgan fingerprint density at radius 1 is 0.828 bits per heavy atom. The van der Waals surface area contributed by atoms with Crippen LogP contribution in [0.1, 0.15) is 24.0 Å². The van der Waals surface area contributed by atoms with E-state index in [0.717, 1.165) is 48.7 Å². The number of ether oxygens (including phenoxy) is 3. The van der Waals surface area contributed by atoms with Crippen LogP contribution >= 0.6 is 0 Å². The van der Waals surface area contributed by atoms with E-state index >= 15 is 0 Å². The fraction of sp³-hybridized carbons (Fsp3) is 0.280. The molecule has 0 amide bonds. The predicted molar refractivity (Wildman–Crippen MR) is 115 cm³/mol. The fourth-order valence-corrected chi connectivity index (χ4v) is 3.31. The van der Waals surface area contributed by atoms with Crippen LogP contribution in [0.3, 0.4) is 0 Å². The molecule has 1 aliphatic rings. The third kappa shape index (κ3) is 6.00. The molecular weight excluding hydrogens is 362 g/mol. The highest BCUT2D eigenvalue weighted by Gasteiger charge is 2.15. The smallest absolute Gasteiger partial charge is 0.121 e. The highest BCUT2D eigenvalue weighted by atomic mass is 16.5. The molecule has 1 N–H and O–H groups in total. The molecule has 1 fully saturated rings. The Morgan fingerprint density at radius 3 is 2.48 bits per heavy atom. The van der Waals surface area contributed by atoms with Crippen molar-refractivity contribution in [1.29, 1.82) is 0 Å². The molecule has 1 heterocycles. The topological polar surface area (TPSA) is 39.7 Å². The Hall–Kier alpha value is -2.98. The van der Waals surface area contributed by atoms with Crippen molar-refractivity contribution in [3.8, 4) is 11.5 Å². The zero-order chi connectivity index (χ0) is 19.7. The van der Waals surface area contributed by atoms with Gasteiger partial charge in [-0.1, -0.05) is 48.5 Å². The molecule has 0 radical (unpaired) electrons. The molecule has 0 spiro atoms. The van der Waals surface area contributed by atoms with Gasteiger partial charge in [0.05, 0.1) is 6.10 Å². The van der Waals surface area contributed by atoms with E-state index in [9.17, 15) is 0 Å². The molecule has 1 aliphatic heterocycles. The SMILES string of the molecule is c1ccc(COc2cccc(NCc3ccc(OCC4CCCO4)cc3)c2)cc1. The van der Waals surface area contributed by atoms with Crippen molar-refractivity contribution in [1.82, 2.24) is 0 Å². The largest absolute Gasteiger partial charge is 0.491 e. The minimum absolute atomic E-state index is 0.243. The van der Waals surface area contributed by atoms with Gasteiger partial charge in [-0.25, -0.2) is 0 Å². The van der Waals surface area contributed by atoms with Gasteiger partial charge < -0.3 is 19.5 Å². The second-order valence-corrected chi connectivity index (χ2v) is 7.25. The maximum absolute atomic E-state index is 5.90. The normalized spacial score (nSPS) is 15.8. The third-order valence-corrected chi connectivity index (χ3v) is 4.96. The second kappa shape index (κ2) is 9.99. The summed E-state index contributed by atoms with van der Waals surface area (Å²) in [6.45, 7) is 2.80. The minimum atomic E-state index is 0.243. The zero-order valence-corrected chi connectivity index (χ0v) is 16.6. The van der Waals surface area contributed by atoms with Gasteiger partial charge in [0.15, 0.2) is 0 Å². The van der Waals surface area contributed by atoms with Gasteiger partial charge >= 0.3 is 0 Å². The Labute approximate surface area is 172 Å². The summed E-state index contributed by atoms with van der Waals surface area (Å²) >= 11 is 0. The number of rotatable bonds is 9. The van der Waals surface area contributed by atoms with Gasteiger partial charge in [0.25, 0.3) is 0 Å². The number of benzene rings is 3. The first-order valence-electron chi connectivity index (χ1n) is 10.2. The quantitative estimate of drug-likeness (QED) is 0.529. The molecule has 1 atom stereocenters. The molecule has 3 aromatic carbocycles. The summed E-state index contributed by atoms with van der Waals surface area (Å²) in [5.74, 6) is 1.75. The Morgan fingerprint density at radius 2 is 1.69 bits per heavy atom. The molecule has 0 aromatic heterocycles. The van der Waals surface area contributed by atoms with Crippen molar-refractivity contribution < 1.29 is 14.2 Å². The van der Waals surface area contributed by atoms with E-state index < -0.39 is 0 Å². The molecule has 0 aliphatic carbocycles. The molecule has 150 valence electrons. The monoisotopic (exact) mass is 389 g/mol. The van der Waals surface area contributed by atoms with Crippen LogP contribution in [0.2, 0.25) is 0 Å². The molecule has 3 aromatic rings. The molecular formula is C25H27NO3. The lowest BCUT2D eigenvalue weighted by Gasteiger charge is -2.12. The van der Waals surface area contributed by atoms with Crippen LogP contribution in [0, 0.1) is 0 Å². The number of hydrogen-bond donors (Lipinski definition) is 1. The average molecular weight is 389 g/mol. The van der Waals surface area contributed by atoms with Crippen LogP contribution in [0.5, 0.6) is 11.5 Å². The lowest BCUT2D eigenvalue weighted by atomic mass is 10.2. The number of hydrogen-bond acceptors (Lipinski definition) is 4. The van der Waals surface area contributed by atoms with E-state index in [0.29, 0.717) is 13.2 Å². The highest BCUT2D eigenvalue weighted by molar-refractivity contribution is 5.48. The van der Waals surface area contributed by atoms with E-state index in [2.05, 4.69) is 35.6 Å². The molecule has 0 saturated carbocycles. The Bertz CT molecular complexity index is 874. The van der Waals surface area contributed by atoms with E-state index in [1.165, 1.54) is 5.56 Å². The van der Waals surface area contributed by atoms with Crippen LogP contribution in [0.25, 0.3) is 0 Å². The summed E-state index contributed by atoms with van der Waals surface area (Å²) in [5, 5.41) is 3.45. The summed E-state index contributed by atoms with van der Waals surface area (Å²) in [5.41, 5.74) is 3.40. The first-order chi connectivity index (χ1) is 14.3. The standard InChI is InChI=1S/C25H27NO3/c1-2-6-21(7-3-1)18-28-24-9-4-8-22(16-24)26-17-20-11-13-23(14-12-20)29-19-25-10-5-15-27-25/h1-4,6-9,11-14,16,25-26H,5,10,15,17-19H2. The molecule has 4 heteroatoms. The van der Waals surface area contributed by atoms with Crippen LogP contribution in [0.15, 0.2) is 78.9 Å². The van der Waals surface area contributed by atoms with E-state index in [1.54, 1.807) is 0 Å². The van der Waals surface area contributed by atoms with Crippen molar-refractivity contribution in [2.24, 2.45) is 0 Å². The number of anilines is 1. The van der Waals surface area contributed by atoms with Crippen molar-refractivity contribution in [2.75, 3.05) is 18.5 Å². The maximum atomic E-state index is 5.90. The summed E-state index contributed by atoms with van der Waals surface area (Å²) < 4.78 is 17.3. The van der Waals surface area contributed by atoms with Gasteiger partial charge in [-0.15, -0.1) is 0 Å². The summed E-state index contributed by atoms with van der Waals surface area (Å²) in [6, 6.07) is 26.5. The van der Waals surface area contributed by atoms with Gasteiger partial charge in [-0.3, -0.25) is 0 Å². The first kappa shape index (κ1) is 19.3. The summed E-state index contributed by atoms with van der Waals surface area (Å²) in [4.78, 5) is 0. The predicted octanol–water partition coefficient (Wildman–Crippen LogP) is 5.44. The summed E-state index contributed by atoms with van der Waals surface area (Å²) in [7, 11) is 0. The van der Waals surface area contributed by atoms with Gasteiger partial charge in [0, 0.05) is 24.9 Å². The van der Waals surface area contributed by atoms with Gasteiger partial charge in [-0.2, -0.15) is 0 Å². The van der Waals surface area contributed by atoms with Crippen molar-refractivity contribution in [2.45, 2.75) is 32.1 Å². The minimum Gasteiger partial charge on any atom is -0.491 e. The first-order valence-corrected chi connectivity index (χ1v) is 10.2. The molecule has 29 heavy (non-hydrogen) atoms. The third-order valence-electron chi connectivity index (χ3n) is 4.96. The summed E-state index contributed by atoms with van der Waals surface area (Å²) in [6.07, 6.45) is 2.47. The molecule has 1 unspecified atom stereocenters. The van der Waals surface area contributed by atoms with E-state index in [-0.39, 0.29) is 6.10 Å². The number of nitrogens with one attached hydrogen (secondary N) is 1. The van der Waals surface area contributed by atoms with Gasteiger partial charge in [0.1, 0.15) is 24.7 Å². The Balaban J connectivity index is 1.25. The fourth-order valence-electron chi connectivity index (χ4n) is 3.31. The van der Waals surface area contributed by atoms with Crippen LogP contribution in [-0.2, 0) is 17.9 Å². The van der Waals surface area contributed by atoms with Crippen LogP contribution < -0.4 is 14.8 Å². The van der Waals surface area contributed by atoms with Gasteiger partial charge in [0.2, 0.25) is 0 Å². The molecule has 4 rings (SSSR count). The molecule has 4 nitrogen and oxygen atoms in total. The zero-order valence-electron chi connectivity index (χ0n) is 16.6. The van der Waals surface area contributed by atoms with Crippen LogP contribution in [-0.4, -0.2) is 19.3 Å². The molecule has 0 bridgehead atoms. The Kier molecular flexibility index (Phi) is 6.66. The van der Waals surface area contributed by atoms with E-state index in [4.69, 9.17) is 14.2 Å². The highest BCUT2D eigenvalue weighted by Crippen LogP contribution is 2.20. The van der Waals surface area contributed by atoms with Crippen molar-refractivity contribution in [3.63, 3.8) is 0 Å². The van der Waals surface area contributed by atoms with Crippen molar-refractivity contribution >= 4 is 5.69 Å². The van der Waals surface area contributed by atoms with Crippen LogP contribution in [0.4, 0.5) is 5.69 Å². The average Bonchev–Trinajstić information content (AvgIpc) is 3.30. The maximum Gasteiger partial charge on any atom is 0.121 e. The second-order valence-electron chi connectivity index (χ2n) is 7.25. The lowest BCUT2D eigenvalue weighted by molar-refractivity contribution is 0.0679. The van der Waals surface area contributed by atoms with Crippen molar-refractivity contribution in [3.05, 3.63) is 90.0 Å². The lowest BCUT2D eigenvalue weighted by Crippen LogP contribution is -2.16. The van der Waals surface area contributed by atoms with Gasteiger partial charge in [-0.05, 0) is 48.2 Å². The van der Waals surface area contributed by atoms with E-state index in [1.807, 2.05) is 48.5 Å².